The van der Waals surface area contributed by atoms with Crippen molar-refractivity contribution in [1.82, 2.24) is 5.32 Å². The summed E-state index contributed by atoms with van der Waals surface area (Å²) in [6.07, 6.45) is 10.9. The van der Waals surface area contributed by atoms with E-state index in [1.54, 1.807) is 6.26 Å². The molecule has 2 nitrogen and oxygen atoms in total. The van der Waals surface area contributed by atoms with Crippen molar-refractivity contribution < 1.29 is 4.42 Å². The van der Waals surface area contributed by atoms with Crippen LogP contribution in [0.4, 0.5) is 0 Å². The molecule has 1 aliphatic rings. The molecule has 1 aliphatic carbocycles. The lowest BCUT2D eigenvalue weighted by atomic mass is 9.88. The summed E-state index contributed by atoms with van der Waals surface area (Å²) in [6.45, 7) is 3.27. The Morgan fingerprint density at radius 3 is 2.76 bits per heavy atom. The fourth-order valence-corrected chi connectivity index (χ4v) is 3.55. The Balaban J connectivity index is 1.87. The maximum atomic E-state index is 5.43. The number of hydrogen-bond acceptors (Lipinski definition) is 3. The molecular formula is C14H23NOS. The molecule has 0 amide bonds. The Morgan fingerprint density at radius 1 is 1.41 bits per heavy atom. The SMILES string of the molecule is CSC1(CNC(C)c2ccco2)CCCCC1. The summed E-state index contributed by atoms with van der Waals surface area (Å²) in [5, 5.41) is 3.63. The van der Waals surface area contributed by atoms with E-state index in [1.165, 1.54) is 32.1 Å². The molecule has 0 aromatic carbocycles. The maximum Gasteiger partial charge on any atom is 0.120 e. The smallest absolute Gasteiger partial charge is 0.120 e. The fourth-order valence-electron chi connectivity index (χ4n) is 2.63. The van der Waals surface area contributed by atoms with Crippen LogP contribution < -0.4 is 5.32 Å². The highest BCUT2D eigenvalue weighted by molar-refractivity contribution is 8.00. The molecule has 0 saturated heterocycles. The van der Waals surface area contributed by atoms with Gasteiger partial charge in [0.15, 0.2) is 0 Å². The third-order valence-electron chi connectivity index (χ3n) is 3.90. The third-order valence-corrected chi connectivity index (χ3v) is 5.32. The largest absolute Gasteiger partial charge is 0.468 e. The van der Waals surface area contributed by atoms with Crippen molar-refractivity contribution >= 4 is 11.8 Å². The van der Waals surface area contributed by atoms with Crippen molar-refractivity contribution in [1.29, 1.82) is 0 Å². The van der Waals surface area contributed by atoms with E-state index < -0.39 is 0 Å². The second kappa shape index (κ2) is 5.96. The number of rotatable bonds is 5. The third kappa shape index (κ3) is 3.29. The summed E-state index contributed by atoms with van der Waals surface area (Å²) >= 11 is 2.04. The predicted molar refractivity (Wildman–Crippen MR) is 74.5 cm³/mol. The highest BCUT2D eigenvalue weighted by Crippen LogP contribution is 2.38. The first kappa shape index (κ1) is 13.0. The molecule has 1 atom stereocenters. The van der Waals surface area contributed by atoms with Crippen molar-refractivity contribution in [2.45, 2.75) is 49.8 Å². The van der Waals surface area contributed by atoms with Gasteiger partial charge in [-0.3, -0.25) is 0 Å². The van der Waals surface area contributed by atoms with Gasteiger partial charge in [0.2, 0.25) is 0 Å². The lowest BCUT2D eigenvalue weighted by Gasteiger charge is -2.36. The summed E-state index contributed by atoms with van der Waals surface area (Å²) in [7, 11) is 0. The van der Waals surface area contributed by atoms with Crippen LogP contribution in [-0.2, 0) is 0 Å². The van der Waals surface area contributed by atoms with Crippen molar-refractivity contribution in [3.8, 4) is 0 Å². The molecule has 0 spiro atoms. The highest BCUT2D eigenvalue weighted by atomic mass is 32.2. The minimum absolute atomic E-state index is 0.316. The molecule has 1 aromatic rings. The van der Waals surface area contributed by atoms with Crippen LogP contribution in [0.25, 0.3) is 0 Å². The molecule has 1 fully saturated rings. The minimum Gasteiger partial charge on any atom is -0.468 e. The van der Waals surface area contributed by atoms with E-state index in [0.29, 0.717) is 10.8 Å². The molecule has 17 heavy (non-hydrogen) atoms. The summed E-state index contributed by atoms with van der Waals surface area (Å²) in [6, 6.07) is 4.32. The van der Waals surface area contributed by atoms with E-state index in [2.05, 4.69) is 18.5 Å². The van der Waals surface area contributed by atoms with Crippen LogP contribution in [0.3, 0.4) is 0 Å². The van der Waals surface area contributed by atoms with Gasteiger partial charge in [0.05, 0.1) is 12.3 Å². The summed E-state index contributed by atoms with van der Waals surface area (Å²) in [4.78, 5) is 0. The van der Waals surface area contributed by atoms with Gasteiger partial charge < -0.3 is 9.73 Å². The highest BCUT2D eigenvalue weighted by Gasteiger charge is 2.31. The first-order valence-corrected chi connectivity index (χ1v) is 7.80. The Morgan fingerprint density at radius 2 is 2.18 bits per heavy atom. The molecule has 1 saturated carbocycles. The summed E-state index contributed by atoms with van der Waals surface area (Å²) < 4.78 is 5.89. The summed E-state index contributed by atoms with van der Waals surface area (Å²) in [5.41, 5.74) is 0. The molecular weight excluding hydrogens is 230 g/mol. The van der Waals surface area contributed by atoms with Crippen molar-refractivity contribution in [2.75, 3.05) is 12.8 Å². The molecule has 1 aromatic heterocycles. The molecule has 96 valence electrons. The zero-order valence-electron chi connectivity index (χ0n) is 10.9. The van der Waals surface area contributed by atoms with E-state index >= 15 is 0 Å². The van der Waals surface area contributed by atoms with Gasteiger partial charge in [-0.1, -0.05) is 19.3 Å². The lowest BCUT2D eigenvalue weighted by molar-refractivity contribution is 0.351. The first-order valence-electron chi connectivity index (χ1n) is 6.58. The standard InChI is InChI=1S/C14H23NOS/c1-12(13-7-6-10-16-13)15-11-14(17-2)8-4-3-5-9-14/h6-7,10,12,15H,3-5,8-9,11H2,1-2H3. The van der Waals surface area contributed by atoms with Gasteiger partial charge in [0.1, 0.15) is 5.76 Å². The van der Waals surface area contributed by atoms with E-state index in [9.17, 15) is 0 Å². The Bertz CT molecular complexity index is 317. The normalized spacial score (nSPS) is 21.3. The minimum atomic E-state index is 0.316. The van der Waals surface area contributed by atoms with Crippen molar-refractivity contribution in [3.05, 3.63) is 24.2 Å². The Hall–Kier alpha value is -0.410. The quantitative estimate of drug-likeness (QED) is 0.858. The van der Waals surface area contributed by atoms with Crippen LogP contribution >= 0.6 is 11.8 Å². The zero-order chi connectivity index (χ0) is 12.1. The number of furan rings is 1. The number of thioether (sulfide) groups is 1. The van der Waals surface area contributed by atoms with E-state index in [1.807, 2.05) is 23.9 Å². The topological polar surface area (TPSA) is 25.2 Å². The van der Waals surface area contributed by atoms with Crippen LogP contribution in [0.2, 0.25) is 0 Å². The van der Waals surface area contributed by atoms with Gasteiger partial charge in [-0.05, 0) is 38.2 Å². The first-order chi connectivity index (χ1) is 8.26. The Kier molecular flexibility index (Phi) is 4.57. The molecule has 0 bridgehead atoms. The van der Waals surface area contributed by atoms with Gasteiger partial charge in [-0.2, -0.15) is 11.8 Å². The molecule has 2 rings (SSSR count). The van der Waals surface area contributed by atoms with Crippen LogP contribution in [0.15, 0.2) is 22.8 Å². The average molecular weight is 253 g/mol. The molecule has 1 N–H and O–H groups in total. The van der Waals surface area contributed by atoms with Crippen molar-refractivity contribution in [3.63, 3.8) is 0 Å². The molecule has 1 unspecified atom stereocenters. The maximum absolute atomic E-state index is 5.43. The summed E-state index contributed by atoms with van der Waals surface area (Å²) in [5.74, 6) is 1.04. The van der Waals surface area contributed by atoms with Gasteiger partial charge in [0.25, 0.3) is 0 Å². The van der Waals surface area contributed by atoms with Gasteiger partial charge >= 0.3 is 0 Å². The van der Waals surface area contributed by atoms with Crippen LogP contribution in [-0.4, -0.2) is 17.5 Å². The monoisotopic (exact) mass is 253 g/mol. The lowest BCUT2D eigenvalue weighted by Crippen LogP contribution is -2.40. The van der Waals surface area contributed by atoms with Crippen LogP contribution in [0.1, 0.15) is 50.8 Å². The van der Waals surface area contributed by atoms with E-state index in [0.717, 1.165) is 12.3 Å². The van der Waals surface area contributed by atoms with Crippen molar-refractivity contribution in [2.24, 2.45) is 0 Å². The zero-order valence-corrected chi connectivity index (χ0v) is 11.7. The van der Waals surface area contributed by atoms with E-state index in [4.69, 9.17) is 4.42 Å². The van der Waals surface area contributed by atoms with Crippen LogP contribution in [0.5, 0.6) is 0 Å². The molecule has 1 heterocycles. The van der Waals surface area contributed by atoms with E-state index in [-0.39, 0.29) is 0 Å². The number of hydrogen-bond donors (Lipinski definition) is 1. The second-order valence-electron chi connectivity index (χ2n) is 5.07. The molecule has 0 aliphatic heterocycles. The second-order valence-corrected chi connectivity index (χ2v) is 6.34. The van der Waals surface area contributed by atoms with Gasteiger partial charge in [-0.25, -0.2) is 0 Å². The number of nitrogens with one attached hydrogen (secondary N) is 1. The Labute approximate surface area is 109 Å². The van der Waals surface area contributed by atoms with Crippen LogP contribution in [0, 0.1) is 0 Å². The fraction of sp³-hybridized carbons (Fsp3) is 0.714. The molecule has 0 radical (unpaired) electrons. The molecule has 3 heteroatoms. The predicted octanol–water partition coefficient (Wildman–Crippen LogP) is 4.00. The average Bonchev–Trinajstić information content (AvgIpc) is 2.91. The van der Waals surface area contributed by atoms with Gasteiger partial charge in [-0.15, -0.1) is 0 Å². The van der Waals surface area contributed by atoms with Gasteiger partial charge in [0, 0.05) is 11.3 Å².